The number of rotatable bonds is 11. The van der Waals surface area contributed by atoms with E-state index in [0.717, 1.165) is 44.9 Å². The zero-order valence-corrected chi connectivity index (χ0v) is 15.3. The third kappa shape index (κ3) is 5.20. The molecule has 0 aromatic carbocycles. The van der Waals surface area contributed by atoms with Crippen LogP contribution < -0.4 is 0 Å². The van der Waals surface area contributed by atoms with Crippen molar-refractivity contribution in [1.82, 2.24) is 0 Å². The van der Waals surface area contributed by atoms with Crippen LogP contribution in [0, 0.1) is 0 Å². The van der Waals surface area contributed by atoms with Crippen LogP contribution in [0.3, 0.4) is 0 Å². The summed E-state index contributed by atoms with van der Waals surface area (Å²) < 4.78 is 10.1. The first kappa shape index (κ1) is 20.4. The zero-order valence-electron chi connectivity index (χ0n) is 15.3. The quantitative estimate of drug-likeness (QED) is 0.461. The van der Waals surface area contributed by atoms with Gasteiger partial charge < -0.3 is 14.6 Å². The summed E-state index contributed by atoms with van der Waals surface area (Å²) in [4.78, 5) is 24.7. The molecule has 1 N–H and O–H groups in total. The molecule has 5 nitrogen and oxygen atoms in total. The predicted molar refractivity (Wildman–Crippen MR) is 92.4 cm³/mol. The average Bonchev–Trinajstić information content (AvgIpc) is 2.58. The van der Waals surface area contributed by atoms with Gasteiger partial charge in [-0.15, -0.1) is 0 Å². The van der Waals surface area contributed by atoms with E-state index in [1.807, 2.05) is 0 Å². The summed E-state index contributed by atoms with van der Waals surface area (Å²) in [5.41, 5.74) is 0.963. The van der Waals surface area contributed by atoms with Crippen molar-refractivity contribution in [3.05, 3.63) is 22.7 Å². The second kappa shape index (κ2) is 10.3. The maximum atomic E-state index is 12.5. The Labute approximate surface area is 144 Å². The fourth-order valence-corrected chi connectivity index (χ4v) is 2.94. The molecule has 24 heavy (non-hydrogen) atoms. The van der Waals surface area contributed by atoms with Gasteiger partial charge in [0.15, 0.2) is 0 Å². The highest BCUT2D eigenvalue weighted by molar-refractivity contribution is 6.23. The van der Waals surface area contributed by atoms with Gasteiger partial charge in [0, 0.05) is 11.1 Å². The number of carbonyl (C=O) groups is 2. The number of unbranched alkanes of at least 4 members (excludes halogenated alkanes) is 3. The van der Waals surface area contributed by atoms with E-state index in [1.54, 1.807) is 6.92 Å². The monoisotopic (exact) mass is 338 g/mol. The van der Waals surface area contributed by atoms with Gasteiger partial charge in [0.25, 0.3) is 0 Å². The largest absolute Gasteiger partial charge is 0.489 e. The first-order chi connectivity index (χ1) is 11.5. The number of aliphatic hydroxyl groups is 1. The van der Waals surface area contributed by atoms with Crippen LogP contribution in [0.15, 0.2) is 22.7 Å². The van der Waals surface area contributed by atoms with E-state index in [2.05, 4.69) is 6.92 Å². The van der Waals surface area contributed by atoms with Gasteiger partial charge in [0.1, 0.15) is 0 Å². The maximum absolute atomic E-state index is 12.5. The summed E-state index contributed by atoms with van der Waals surface area (Å²) in [6.45, 7) is 3.78. The van der Waals surface area contributed by atoms with Gasteiger partial charge in [-0.05, 0) is 32.6 Å². The maximum Gasteiger partial charge on any atom is 0.228 e. The van der Waals surface area contributed by atoms with E-state index < -0.39 is 0 Å². The summed E-state index contributed by atoms with van der Waals surface area (Å²) in [5, 5.41) is 9.83. The van der Waals surface area contributed by atoms with Gasteiger partial charge in [-0.3, -0.25) is 9.59 Å². The van der Waals surface area contributed by atoms with E-state index in [-0.39, 0.29) is 29.2 Å². The molecule has 0 heterocycles. The van der Waals surface area contributed by atoms with Crippen molar-refractivity contribution in [3.63, 3.8) is 0 Å². The molecule has 0 fully saturated rings. The van der Waals surface area contributed by atoms with Gasteiger partial charge in [-0.25, -0.2) is 0 Å². The van der Waals surface area contributed by atoms with Crippen LogP contribution in [0.4, 0.5) is 0 Å². The van der Waals surface area contributed by atoms with E-state index in [9.17, 15) is 14.7 Å². The molecule has 0 amide bonds. The molecule has 0 saturated heterocycles. The molecular weight excluding hydrogens is 308 g/mol. The molecule has 0 spiro atoms. The number of hydrogen-bond acceptors (Lipinski definition) is 5. The third-order valence-corrected chi connectivity index (χ3v) is 4.45. The number of methoxy groups -OCH3 is 2. The minimum atomic E-state index is -0.279. The second-order valence-corrected chi connectivity index (χ2v) is 6.22. The summed E-state index contributed by atoms with van der Waals surface area (Å²) >= 11 is 0. The van der Waals surface area contributed by atoms with Crippen molar-refractivity contribution in [3.8, 4) is 0 Å². The number of ketones is 2. The first-order valence-corrected chi connectivity index (χ1v) is 8.77. The minimum absolute atomic E-state index is 0.00177. The van der Waals surface area contributed by atoms with Crippen LogP contribution in [0.2, 0.25) is 0 Å². The molecule has 0 aromatic rings. The Morgan fingerprint density at radius 1 is 0.917 bits per heavy atom. The Balaban J connectivity index is 2.52. The van der Waals surface area contributed by atoms with E-state index in [4.69, 9.17) is 9.47 Å². The second-order valence-electron chi connectivity index (χ2n) is 6.22. The highest BCUT2D eigenvalue weighted by Gasteiger charge is 2.34. The van der Waals surface area contributed by atoms with Crippen molar-refractivity contribution >= 4 is 11.6 Å². The summed E-state index contributed by atoms with van der Waals surface area (Å²) in [5.74, 6) is -0.547. The van der Waals surface area contributed by atoms with Gasteiger partial charge in [0.05, 0.1) is 20.3 Å². The third-order valence-electron chi connectivity index (χ3n) is 4.45. The molecular formula is C19H30O5. The Morgan fingerprint density at radius 3 is 2.08 bits per heavy atom. The standard InChI is InChI=1S/C19H30O5/c1-5-6-10-14(20)11-8-7-9-12-15-13(2)16(21)18(23-3)19(24-4)17(15)22/h14,20H,5-12H2,1-4H3. The van der Waals surface area contributed by atoms with E-state index in [1.165, 1.54) is 14.2 Å². The van der Waals surface area contributed by atoms with Crippen LogP contribution in [0.25, 0.3) is 0 Å². The lowest BCUT2D eigenvalue weighted by Crippen LogP contribution is -2.25. The highest BCUT2D eigenvalue weighted by atomic mass is 16.5. The van der Waals surface area contributed by atoms with Gasteiger partial charge in [-0.1, -0.05) is 32.6 Å². The summed E-state index contributed by atoms with van der Waals surface area (Å²) in [6.07, 6.45) is 6.78. The van der Waals surface area contributed by atoms with Crippen LogP contribution in [0.5, 0.6) is 0 Å². The SMILES string of the molecule is CCCCC(O)CCCCCC1=C(C)C(=O)C(OC)=C(OC)C1=O. The molecule has 0 aromatic heterocycles. The Kier molecular flexibility index (Phi) is 8.76. The van der Waals surface area contributed by atoms with Crippen LogP contribution >= 0.6 is 0 Å². The number of carbonyl (C=O) groups excluding carboxylic acids is 2. The molecule has 1 rings (SSSR count). The average molecular weight is 338 g/mol. The molecule has 0 saturated carbocycles. The lowest BCUT2D eigenvalue weighted by molar-refractivity contribution is -0.121. The number of aliphatic hydroxyl groups excluding tert-OH is 1. The molecule has 1 aliphatic carbocycles. The summed E-state index contributed by atoms with van der Waals surface area (Å²) in [7, 11) is 2.73. The highest BCUT2D eigenvalue weighted by Crippen LogP contribution is 2.28. The number of ether oxygens (including phenoxy) is 2. The molecule has 1 unspecified atom stereocenters. The van der Waals surface area contributed by atoms with E-state index >= 15 is 0 Å². The summed E-state index contributed by atoms with van der Waals surface area (Å²) in [6, 6.07) is 0. The van der Waals surface area contributed by atoms with E-state index in [0.29, 0.717) is 17.6 Å². The lowest BCUT2D eigenvalue weighted by Gasteiger charge is -2.20. The van der Waals surface area contributed by atoms with Crippen molar-refractivity contribution in [2.75, 3.05) is 14.2 Å². The van der Waals surface area contributed by atoms with Crippen molar-refractivity contribution in [2.24, 2.45) is 0 Å². The Hall–Kier alpha value is -1.62. The number of hydrogen-bond donors (Lipinski definition) is 1. The number of allylic oxidation sites excluding steroid dienone is 2. The molecule has 0 aliphatic heterocycles. The minimum Gasteiger partial charge on any atom is -0.489 e. The Bertz CT molecular complexity index is 516. The van der Waals surface area contributed by atoms with Crippen LogP contribution in [-0.4, -0.2) is 37.0 Å². The van der Waals surface area contributed by atoms with Crippen LogP contribution in [-0.2, 0) is 19.1 Å². The fraction of sp³-hybridized carbons (Fsp3) is 0.684. The van der Waals surface area contributed by atoms with Gasteiger partial charge in [-0.2, -0.15) is 0 Å². The topological polar surface area (TPSA) is 72.8 Å². The molecule has 0 bridgehead atoms. The lowest BCUT2D eigenvalue weighted by atomic mass is 9.89. The first-order valence-electron chi connectivity index (χ1n) is 8.77. The molecule has 5 heteroatoms. The zero-order chi connectivity index (χ0) is 18.1. The fourth-order valence-electron chi connectivity index (χ4n) is 2.94. The predicted octanol–water partition coefficient (Wildman–Crippen LogP) is 3.46. The van der Waals surface area contributed by atoms with Crippen LogP contribution in [0.1, 0.15) is 65.2 Å². The number of Topliss-reactive ketones (excluding diaryl/α,β-unsaturated/α-hetero) is 2. The molecule has 1 atom stereocenters. The molecule has 1 aliphatic rings. The van der Waals surface area contributed by atoms with Crippen molar-refractivity contribution in [1.29, 1.82) is 0 Å². The normalized spacial score (nSPS) is 16.7. The molecule has 0 radical (unpaired) electrons. The smallest absolute Gasteiger partial charge is 0.228 e. The Morgan fingerprint density at radius 2 is 1.50 bits per heavy atom. The van der Waals surface area contributed by atoms with Gasteiger partial charge >= 0.3 is 0 Å². The van der Waals surface area contributed by atoms with Gasteiger partial charge in [0.2, 0.25) is 23.1 Å². The van der Waals surface area contributed by atoms with Crippen molar-refractivity contribution < 1.29 is 24.2 Å². The molecule has 136 valence electrons. The van der Waals surface area contributed by atoms with Crippen molar-refractivity contribution in [2.45, 2.75) is 71.3 Å².